The number of nitrogens with zero attached hydrogens (tertiary/aromatic N) is 2. The molecule has 0 unspecified atom stereocenters. The fourth-order valence-electron chi connectivity index (χ4n) is 2.87. The van der Waals surface area contributed by atoms with Gasteiger partial charge in [-0.25, -0.2) is 0 Å². The molecule has 1 aromatic heterocycles. The van der Waals surface area contributed by atoms with Crippen molar-refractivity contribution in [3.05, 3.63) is 80.9 Å². The standard InChI is InChI=1S/C19H19N3O3/c1-13(14-8-4-3-5-9-14)20-17(23)12-22-16-11-7-6-10-15(16)21(2)18(24)19(22)25/h3-11,13H,12H2,1-2H3,(H,20,23)/t13-/m1/s1. The Hall–Kier alpha value is -3.15. The first-order chi connectivity index (χ1) is 12.0. The molecule has 2 aromatic carbocycles. The van der Waals surface area contributed by atoms with Gasteiger partial charge in [0, 0.05) is 7.05 Å². The largest absolute Gasteiger partial charge is 0.348 e. The topological polar surface area (TPSA) is 73.1 Å². The molecule has 3 aromatic rings. The molecule has 0 aliphatic heterocycles. The summed E-state index contributed by atoms with van der Waals surface area (Å²) in [5, 5.41) is 2.86. The normalized spacial score (nSPS) is 12.1. The summed E-state index contributed by atoms with van der Waals surface area (Å²) in [6.45, 7) is 1.67. The van der Waals surface area contributed by atoms with E-state index in [1.54, 1.807) is 31.3 Å². The number of aromatic nitrogens is 2. The first kappa shape index (κ1) is 16.7. The van der Waals surface area contributed by atoms with Crippen molar-refractivity contribution in [1.29, 1.82) is 0 Å². The molecule has 128 valence electrons. The number of rotatable bonds is 4. The van der Waals surface area contributed by atoms with Crippen LogP contribution in [0.25, 0.3) is 11.0 Å². The fraction of sp³-hybridized carbons (Fsp3) is 0.211. The molecule has 1 amide bonds. The highest BCUT2D eigenvalue weighted by atomic mass is 16.2. The van der Waals surface area contributed by atoms with Crippen LogP contribution in [0, 0.1) is 0 Å². The van der Waals surface area contributed by atoms with Gasteiger partial charge in [-0.05, 0) is 24.6 Å². The van der Waals surface area contributed by atoms with E-state index in [4.69, 9.17) is 0 Å². The molecule has 0 fully saturated rings. The van der Waals surface area contributed by atoms with Crippen molar-refractivity contribution < 1.29 is 4.79 Å². The van der Waals surface area contributed by atoms with Gasteiger partial charge in [0.15, 0.2) is 0 Å². The number of hydrogen-bond donors (Lipinski definition) is 1. The number of benzene rings is 2. The van der Waals surface area contributed by atoms with Crippen molar-refractivity contribution >= 4 is 16.9 Å². The van der Waals surface area contributed by atoms with E-state index in [0.717, 1.165) is 5.56 Å². The van der Waals surface area contributed by atoms with E-state index >= 15 is 0 Å². The Morgan fingerprint density at radius 2 is 1.56 bits per heavy atom. The maximum Gasteiger partial charge on any atom is 0.317 e. The van der Waals surface area contributed by atoms with Gasteiger partial charge in [0.2, 0.25) is 5.91 Å². The van der Waals surface area contributed by atoms with Gasteiger partial charge in [-0.15, -0.1) is 0 Å². The Morgan fingerprint density at radius 3 is 2.24 bits per heavy atom. The SMILES string of the molecule is C[C@@H](NC(=O)Cn1c(=O)c(=O)n(C)c2ccccc21)c1ccccc1. The first-order valence-electron chi connectivity index (χ1n) is 8.02. The number of para-hydroxylation sites is 2. The Balaban J connectivity index is 1.92. The highest BCUT2D eigenvalue weighted by molar-refractivity contribution is 5.80. The molecule has 0 bridgehead atoms. The summed E-state index contributed by atoms with van der Waals surface area (Å²) in [6, 6.07) is 16.4. The lowest BCUT2D eigenvalue weighted by Crippen LogP contribution is -2.43. The molecule has 25 heavy (non-hydrogen) atoms. The van der Waals surface area contributed by atoms with Crippen LogP contribution in [0.2, 0.25) is 0 Å². The predicted octanol–water partition coefficient (Wildman–Crippen LogP) is 1.58. The minimum atomic E-state index is -0.705. The van der Waals surface area contributed by atoms with Gasteiger partial charge in [0.05, 0.1) is 17.1 Å². The number of aryl methyl sites for hydroxylation is 1. The summed E-state index contributed by atoms with van der Waals surface area (Å²) < 4.78 is 2.53. The van der Waals surface area contributed by atoms with Gasteiger partial charge in [0.1, 0.15) is 6.54 Å². The van der Waals surface area contributed by atoms with Crippen LogP contribution in [0.4, 0.5) is 0 Å². The lowest BCUT2D eigenvalue weighted by atomic mass is 10.1. The molecule has 6 nitrogen and oxygen atoms in total. The highest BCUT2D eigenvalue weighted by Crippen LogP contribution is 2.12. The Kier molecular flexibility index (Phi) is 4.52. The van der Waals surface area contributed by atoms with Crippen LogP contribution >= 0.6 is 0 Å². The zero-order valence-electron chi connectivity index (χ0n) is 14.1. The van der Waals surface area contributed by atoms with E-state index in [2.05, 4.69) is 5.32 Å². The third kappa shape index (κ3) is 3.24. The van der Waals surface area contributed by atoms with Crippen LogP contribution in [0.5, 0.6) is 0 Å². The van der Waals surface area contributed by atoms with Crippen LogP contribution in [0.3, 0.4) is 0 Å². The summed E-state index contributed by atoms with van der Waals surface area (Å²) in [5.41, 5.74) is 0.775. The number of fused-ring (bicyclic) bond motifs is 1. The van der Waals surface area contributed by atoms with Gasteiger partial charge in [-0.3, -0.25) is 19.0 Å². The molecule has 1 atom stereocenters. The smallest absolute Gasteiger partial charge is 0.317 e. The monoisotopic (exact) mass is 337 g/mol. The Morgan fingerprint density at radius 1 is 0.960 bits per heavy atom. The number of carbonyl (C=O) groups is 1. The zero-order valence-corrected chi connectivity index (χ0v) is 14.1. The summed E-state index contributed by atoms with van der Waals surface area (Å²) in [6.07, 6.45) is 0. The van der Waals surface area contributed by atoms with Crippen LogP contribution in [-0.2, 0) is 18.4 Å². The third-order valence-corrected chi connectivity index (χ3v) is 4.25. The van der Waals surface area contributed by atoms with Gasteiger partial charge in [-0.2, -0.15) is 0 Å². The second-order valence-electron chi connectivity index (χ2n) is 5.94. The summed E-state index contributed by atoms with van der Waals surface area (Å²) in [4.78, 5) is 36.9. The predicted molar refractivity (Wildman–Crippen MR) is 96.4 cm³/mol. The van der Waals surface area contributed by atoms with Gasteiger partial charge in [-0.1, -0.05) is 42.5 Å². The van der Waals surface area contributed by atoms with Gasteiger partial charge in [0.25, 0.3) is 0 Å². The van der Waals surface area contributed by atoms with Crippen molar-refractivity contribution in [2.24, 2.45) is 7.05 Å². The van der Waals surface area contributed by atoms with E-state index in [0.29, 0.717) is 11.0 Å². The number of carbonyl (C=O) groups excluding carboxylic acids is 1. The lowest BCUT2D eigenvalue weighted by Gasteiger charge is -2.16. The van der Waals surface area contributed by atoms with Gasteiger partial charge < -0.3 is 9.88 Å². The number of nitrogens with one attached hydrogen (secondary N) is 1. The van der Waals surface area contributed by atoms with E-state index in [1.165, 1.54) is 9.13 Å². The van der Waals surface area contributed by atoms with Crippen LogP contribution in [0.15, 0.2) is 64.2 Å². The summed E-state index contributed by atoms with van der Waals surface area (Å²) >= 11 is 0. The molecule has 1 N–H and O–H groups in total. The molecular formula is C19H19N3O3. The number of amides is 1. The molecule has 6 heteroatoms. The lowest BCUT2D eigenvalue weighted by molar-refractivity contribution is -0.122. The molecule has 3 rings (SSSR count). The Labute approximate surface area is 144 Å². The summed E-state index contributed by atoms with van der Waals surface area (Å²) in [5.74, 6) is -0.322. The average molecular weight is 337 g/mol. The van der Waals surface area contributed by atoms with Gasteiger partial charge >= 0.3 is 11.1 Å². The minimum Gasteiger partial charge on any atom is -0.348 e. The van der Waals surface area contributed by atoms with Crippen molar-refractivity contribution in [3.63, 3.8) is 0 Å². The fourth-order valence-corrected chi connectivity index (χ4v) is 2.87. The Bertz CT molecular complexity index is 1040. The maximum absolute atomic E-state index is 12.4. The van der Waals surface area contributed by atoms with Crippen molar-refractivity contribution in [3.8, 4) is 0 Å². The quantitative estimate of drug-likeness (QED) is 0.735. The van der Waals surface area contributed by atoms with Crippen LogP contribution in [-0.4, -0.2) is 15.0 Å². The van der Waals surface area contributed by atoms with Crippen molar-refractivity contribution in [2.45, 2.75) is 19.5 Å². The molecule has 0 saturated heterocycles. The minimum absolute atomic E-state index is 0.192. The van der Waals surface area contributed by atoms with Crippen LogP contribution < -0.4 is 16.4 Å². The third-order valence-electron chi connectivity index (χ3n) is 4.25. The average Bonchev–Trinajstić information content (AvgIpc) is 2.64. The van der Waals surface area contributed by atoms with E-state index in [9.17, 15) is 14.4 Å². The molecule has 0 aliphatic carbocycles. The van der Waals surface area contributed by atoms with E-state index in [1.807, 2.05) is 37.3 Å². The molecular weight excluding hydrogens is 318 g/mol. The molecule has 0 radical (unpaired) electrons. The van der Waals surface area contributed by atoms with Crippen molar-refractivity contribution in [1.82, 2.24) is 14.5 Å². The van der Waals surface area contributed by atoms with E-state index in [-0.39, 0.29) is 18.5 Å². The molecule has 1 heterocycles. The van der Waals surface area contributed by atoms with Crippen molar-refractivity contribution in [2.75, 3.05) is 0 Å². The zero-order chi connectivity index (χ0) is 18.0. The number of hydrogen-bond acceptors (Lipinski definition) is 3. The summed E-state index contributed by atoms with van der Waals surface area (Å²) in [7, 11) is 1.55. The molecule has 0 aliphatic rings. The maximum atomic E-state index is 12.4. The van der Waals surface area contributed by atoms with E-state index < -0.39 is 11.1 Å². The highest BCUT2D eigenvalue weighted by Gasteiger charge is 2.15. The molecule has 0 saturated carbocycles. The van der Waals surface area contributed by atoms with Crippen LogP contribution in [0.1, 0.15) is 18.5 Å². The second-order valence-corrected chi connectivity index (χ2v) is 5.94. The first-order valence-corrected chi connectivity index (χ1v) is 8.02. The molecule has 0 spiro atoms. The second kappa shape index (κ2) is 6.76.